The summed E-state index contributed by atoms with van der Waals surface area (Å²) in [5.41, 5.74) is 13.9. The van der Waals surface area contributed by atoms with E-state index in [0.29, 0.717) is 0 Å². The molecule has 1 atom stereocenters. The molecule has 3 heteroatoms. The molecule has 0 aliphatic carbocycles. The molecule has 0 heterocycles. The van der Waals surface area contributed by atoms with E-state index < -0.39 is 0 Å². The van der Waals surface area contributed by atoms with Crippen molar-refractivity contribution in [3.8, 4) is 0 Å². The van der Waals surface area contributed by atoms with Gasteiger partial charge in [0, 0.05) is 5.69 Å². The van der Waals surface area contributed by atoms with Gasteiger partial charge >= 0.3 is 0 Å². The van der Waals surface area contributed by atoms with Crippen molar-refractivity contribution in [2.24, 2.45) is 5.73 Å². The van der Waals surface area contributed by atoms with Gasteiger partial charge in [-0.25, -0.2) is 0 Å². The minimum Gasteiger partial charge on any atom is -0.399 e. The van der Waals surface area contributed by atoms with E-state index in [1.165, 1.54) is 0 Å². The minimum absolute atomic E-state index is 0.0531. The maximum absolute atomic E-state index is 8.78. The average molecular weight is 166 g/mol. The van der Waals surface area contributed by atoms with Crippen molar-refractivity contribution < 1.29 is 5.11 Å². The Hall–Kier alpha value is -1.06. The van der Waals surface area contributed by atoms with Gasteiger partial charge in [-0.1, -0.05) is 12.1 Å². The molecule has 1 aromatic carbocycles. The normalized spacial score (nSPS) is 12.9. The van der Waals surface area contributed by atoms with Crippen LogP contribution in [0.4, 0.5) is 5.69 Å². The fourth-order valence-electron chi connectivity index (χ4n) is 0.995. The Bertz CT molecular complexity index is 273. The molecule has 5 N–H and O–H groups in total. The molecule has 0 amide bonds. The van der Waals surface area contributed by atoms with Crippen LogP contribution in [0.1, 0.15) is 17.2 Å². The lowest BCUT2D eigenvalue weighted by Gasteiger charge is -2.09. The molecule has 0 aliphatic heterocycles. The second-order valence-electron chi connectivity index (χ2n) is 2.91. The molecule has 66 valence electrons. The molecule has 12 heavy (non-hydrogen) atoms. The number of aliphatic hydroxyl groups is 1. The van der Waals surface area contributed by atoms with Crippen LogP contribution in [0.2, 0.25) is 0 Å². The second-order valence-corrected chi connectivity index (χ2v) is 2.91. The van der Waals surface area contributed by atoms with Crippen LogP contribution in [0, 0.1) is 6.92 Å². The third-order valence-corrected chi connectivity index (χ3v) is 1.93. The number of aliphatic hydroxyl groups excluding tert-OH is 1. The van der Waals surface area contributed by atoms with Crippen molar-refractivity contribution in [2.75, 3.05) is 12.3 Å². The molecule has 1 aromatic rings. The number of rotatable bonds is 2. The number of benzene rings is 1. The number of anilines is 1. The zero-order valence-corrected chi connectivity index (χ0v) is 7.12. The first-order valence-corrected chi connectivity index (χ1v) is 3.87. The third-order valence-electron chi connectivity index (χ3n) is 1.93. The predicted octanol–water partition coefficient (Wildman–Crippen LogP) is 0.569. The van der Waals surface area contributed by atoms with Gasteiger partial charge in [0.05, 0.1) is 12.6 Å². The lowest BCUT2D eigenvalue weighted by atomic mass is 10.1. The largest absolute Gasteiger partial charge is 0.399 e. The number of hydrogen-bond acceptors (Lipinski definition) is 3. The zero-order valence-electron chi connectivity index (χ0n) is 7.12. The maximum Gasteiger partial charge on any atom is 0.0624 e. The third kappa shape index (κ3) is 1.75. The van der Waals surface area contributed by atoms with Gasteiger partial charge in [-0.3, -0.25) is 0 Å². The van der Waals surface area contributed by atoms with E-state index in [1.54, 1.807) is 6.07 Å². The Kier molecular flexibility index (Phi) is 2.68. The lowest BCUT2D eigenvalue weighted by molar-refractivity contribution is 0.268. The average Bonchev–Trinajstić information content (AvgIpc) is 2.08. The van der Waals surface area contributed by atoms with Crippen molar-refractivity contribution in [3.63, 3.8) is 0 Å². The summed E-state index contributed by atoms with van der Waals surface area (Å²) >= 11 is 0. The van der Waals surface area contributed by atoms with Crippen LogP contribution in [0.3, 0.4) is 0 Å². The molecule has 0 saturated heterocycles. The van der Waals surface area contributed by atoms with Gasteiger partial charge in [-0.15, -0.1) is 0 Å². The van der Waals surface area contributed by atoms with Crippen LogP contribution in [-0.4, -0.2) is 11.7 Å². The quantitative estimate of drug-likeness (QED) is 0.562. The van der Waals surface area contributed by atoms with E-state index in [9.17, 15) is 0 Å². The van der Waals surface area contributed by atoms with Gasteiger partial charge < -0.3 is 16.6 Å². The first-order chi connectivity index (χ1) is 5.65. The summed E-state index contributed by atoms with van der Waals surface area (Å²) in [6, 6.07) is 5.26. The highest BCUT2D eigenvalue weighted by Gasteiger charge is 2.04. The molecule has 0 aromatic heterocycles. The van der Waals surface area contributed by atoms with E-state index in [2.05, 4.69) is 0 Å². The Morgan fingerprint density at radius 2 is 2.17 bits per heavy atom. The van der Waals surface area contributed by atoms with Crippen molar-refractivity contribution in [1.82, 2.24) is 0 Å². The van der Waals surface area contributed by atoms with Crippen molar-refractivity contribution in [1.29, 1.82) is 0 Å². The molecule has 0 saturated carbocycles. The van der Waals surface area contributed by atoms with Gasteiger partial charge in [-0.05, 0) is 24.1 Å². The van der Waals surface area contributed by atoms with E-state index in [4.69, 9.17) is 16.6 Å². The van der Waals surface area contributed by atoms with Gasteiger partial charge in [-0.2, -0.15) is 0 Å². The molecular weight excluding hydrogens is 152 g/mol. The first kappa shape index (κ1) is 9.03. The van der Waals surface area contributed by atoms with Crippen LogP contribution in [0.25, 0.3) is 0 Å². The topological polar surface area (TPSA) is 72.3 Å². The molecular formula is C9H14N2O. The molecule has 0 radical (unpaired) electrons. The van der Waals surface area contributed by atoms with Gasteiger partial charge in [0.25, 0.3) is 0 Å². The lowest BCUT2D eigenvalue weighted by Crippen LogP contribution is -2.14. The summed E-state index contributed by atoms with van der Waals surface area (Å²) < 4.78 is 0. The highest BCUT2D eigenvalue weighted by atomic mass is 16.3. The first-order valence-electron chi connectivity index (χ1n) is 3.87. The summed E-state index contributed by atoms with van der Waals surface area (Å²) in [5, 5.41) is 8.78. The molecule has 0 aliphatic rings. The standard InChI is InChI=1S/C9H14N2O/c1-6-2-3-7(4-8(6)10)9(11)5-12/h2-4,9,12H,5,10-11H2,1H3/t9-/m1/s1. The molecule has 1 rings (SSSR count). The van der Waals surface area contributed by atoms with Crippen LogP contribution >= 0.6 is 0 Å². The Labute approximate surface area is 72.0 Å². The Morgan fingerprint density at radius 3 is 2.67 bits per heavy atom. The number of nitrogens with two attached hydrogens (primary N) is 2. The number of nitrogen functional groups attached to an aromatic ring is 1. The highest BCUT2D eigenvalue weighted by molar-refractivity contribution is 5.48. The van der Waals surface area contributed by atoms with Gasteiger partial charge in [0.1, 0.15) is 0 Å². The van der Waals surface area contributed by atoms with Crippen LogP contribution in [0.15, 0.2) is 18.2 Å². The highest BCUT2D eigenvalue weighted by Crippen LogP contribution is 2.16. The number of aryl methyl sites for hydroxylation is 1. The summed E-state index contributed by atoms with van der Waals surface area (Å²) in [4.78, 5) is 0. The molecule has 0 spiro atoms. The fraction of sp³-hybridized carbons (Fsp3) is 0.333. The van der Waals surface area contributed by atoms with Crippen LogP contribution in [0.5, 0.6) is 0 Å². The van der Waals surface area contributed by atoms with E-state index in [-0.39, 0.29) is 12.6 Å². The van der Waals surface area contributed by atoms with Crippen LogP contribution < -0.4 is 11.5 Å². The monoisotopic (exact) mass is 166 g/mol. The van der Waals surface area contributed by atoms with Gasteiger partial charge in [0.15, 0.2) is 0 Å². The molecule has 0 unspecified atom stereocenters. The zero-order chi connectivity index (χ0) is 9.14. The summed E-state index contributed by atoms with van der Waals surface area (Å²) in [7, 11) is 0. The molecule has 3 nitrogen and oxygen atoms in total. The summed E-state index contributed by atoms with van der Waals surface area (Å²) in [6.45, 7) is 1.88. The van der Waals surface area contributed by atoms with Crippen LogP contribution in [-0.2, 0) is 0 Å². The van der Waals surface area contributed by atoms with Crippen molar-refractivity contribution in [2.45, 2.75) is 13.0 Å². The van der Waals surface area contributed by atoms with Gasteiger partial charge in [0.2, 0.25) is 0 Å². The summed E-state index contributed by atoms with van der Waals surface area (Å²) in [6.07, 6.45) is 0. The fourth-order valence-corrected chi connectivity index (χ4v) is 0.995. The van der Waals surface area contributed by atoms with E-state index in [1.807, 2.05) is 19.1 Å². The van der Waals surface area contributed by atoms with E-state index in [0.717, 1.165) is 16.8 Å². The summed E-state index contributed by atoms with van der Waals surface area (Å²) in [5.74, 6) is 0. The van der Waals surface area contributed by atoms with Crippen molar-refractivity contribution >= 4 is 5.69 Å². The SMILES string of the molecule is Cc1ccc([C@H](N)CO)cc1N. The predicted molar refractivity (Wildman–Crippen MR) is 49.6 cm³/mol. The second kappa shape index (κ2) is 3.56. The Morgan fingerprint density at radius 1 is 1.50 bits per heavy atom. The minimum atomic E-state index is -0.326. The number of hydrogen-bond donors (Lipinski definition) is 3. The maximum atomic E-state index is 8.78. The smallest absolute Gasteiger partial charge is 0.0624 e. The molecule has 0 fully saturated rings. The molecule has 0 bridgehead atoms. The Balaban J connectivity index is 2.96. The van der Waals surface area contributed by atoms with E-state index >= 15 is 0 Å². The van der Waals surface area contributed by atoms with Crippen molar-refractivity contribution in [3.05, 3.63) is 29.3 Å².